The summed E-state index contributed by atoms with van der Waals surface area (Å²) in [6.45, 7) is 0. The average Bonchev–Trinajstić information content (AvgIpc) is 3.12. The topological polar surface area (TPSA) is 40.5 Å². The Morgan fingerprint density at radius 2 is 0.520 bits per heavy atom. The van der Waals surface area contributed by atoms with E-state index in [1.807, 2.05) is 72.8 Å². The molecule has 50 heavy (non-hydrogen) atoms. The molecule has 0 aliphatic heterocycles. The molecule has 0 aliphatic rings. The molecule has 246 valence electrons. The van der Waals surface area contributed by atoms with Crippen molar-refractivity contribution in [2.45, 2.75) is 12.8 Å². The van der Waals surface area contributed by atoms with Gasteiger partial charge < -0.3 is 10.2 Å². The first-order valence-electron chi connectivity index (χ1n) is 16.0. The highest BCUT2D eigenvalue weighted by Gasteiger charge is 2.28. The third kappa shape index (κ3) is 7.26. The van der Waals surface area contributed by atoms with Gasteiger partial charge in [0.25, 0.3) is 0 Å². The molecule has 0 spiro atoms. The molecule has 0 bridgehead atoms. The van der Waals surface area contributed by atoms with Gasteiger partial charge in [-0.2, -0.15) is 0 Å². The van der Waals surface area contributed by atoms with E-state index >= 15 is 0 Å². The van der Waals surface area contributed by atoms with E-state index in [0.717, 1.165) is 66.8 Å². The fourth-order valence-electron chi connectivity index (χ4n) is 6.58. The van der Waals surface area contributed by atoms with Crippen molar-refractivity contribution in [2.75, 3.05) is 0 Å². The van der Waals surface area contributed by atoms with Crippen LogP contribution in [-0.4, -0.2) is 10.2 Å². The summed E-state index contributed by atoms with van der Waals surface area (Å²) in [5.41, 5.74) is 12.4. The van der Waals surface area contributed by atoms with Crippen LogP contribution in [0.15, 0.2) is 146 Å². The molecule has 0 fully saturated rings. The van der Waals surface area contributed by atoms with E-state index in [1.54, 1.807) is 24.3 Å². The van der Waals surface area contributed by atoms with Crippen molar-refractivity contribution in [2.24, 2.45) is 0 Å². The molecule has 0 aromatic heterocycles. The fraction of sp³-hybridized carbons (Fsp3) is 0.0455. The van der Waals surface area contributed by atoms with Gasteiger partial charge in [0.1, 0.15) is 11.5 Å². The Labute approximate surface area is 311 Å². The second kappa shape index (κ2) is 14.6. The van der Waals surface area contributed by atoms with E-state index in [2.05, 4.69) is 48.5 Å². The van der Waals surface area contributed by atoms with Crippen LogP contribution in [0.25, 0.3) is 44.5 Å². The van der Waals surface area contributed by atoms with Gasteiger partial charge in [0.15, 0.2) is 0 Å². The van der Waals surface area contributed by atoms with Crippen molar-refractivity contribution >= 4 is 46.4 Å². The monoisotopic (exact) mass is 730 g/mol. The molecule has 0 amide bonds. The maximum Gasteiger partial charge on any atom is 0.115 e. The number of hydrogen-bond acceptors (Lipinski definition) is 2. The van der Waals surface area contributed by atoms with Crippen molar-refractivity contribution in [1.82, 2.24) is 0 Å². The Morgan fingerprint density at radius 3 is 0.740 bits per heavy atom. The second-order valence-corrected chi connectivity index (χ2v) is 13.9. The molecule has 0 heterocycles. The molecule has 0 saturated heterocycles. The molecule has 0 aliphatic carbocycles. The average molecular weight is 733 g/mol. The Bertz CT molecular complexity index is 1980. The number of benzene rings is 7. The van der Waals surface area contributed by atoms with Crippen molar-refractivity contribution in [1.29, 1.82) is 0 Å². The quantitative estimate of drug-likeness (QED) is 0.163. The van der Waals surface area contributed by atoms with Gasteiger partial charge in [-0.3, -0.25) is 0 Å². The van der Waals surface area contributed by atoms with Crippen LogP contribution >= 0.6 is 46.4 Å². The molecular formula is C44H30Cl4O2. The molecule has 6 heteroatoms. The predicted molar refractivity (Wildman–Crippen MR) is 210 cm³/mol. The summed E-state index contributed by atoms with van der Waals surface area (Å²) >= 11 is 25.9. The molecular weight excluding hydrogens is 702 g/mol. The summed E-state index contributed by atoms with van der Waals surface area (Å²) in [7, 11) is 0. The lowest BCUT2D eigenvalue weighted by atomic mass is 9.75. The van der Waals surface area contributed by atoms with E-state index in [9.17, 15) is 10.2 Å². The Kier molecular flexibility index (Phi) is 9.90. The summed E-state index contributed by atoms with van der Waals surface area (Å²) in [5, 5.41) is 23.0. The van der Waals surface area contributed by atoms with Gasteiger partial charge in [-0.05, 0) is 152 Å². The first kappa shape index (κ1) is 33.8. The summed E-state index contributed by atoms with van der Waals surface area (Å²) < 4.78 is 0. The normalized spacial score (nSPS) is 11.1. The highest BCUT2D eigenvalue weighted by atomic mass is 35.5. The molecule has 0 unspecified atom stereocenters. The van der Waals surface area contributed by atoms with Crippen molar-refractivity contribution in [3.8, 4) is 56.0 Å². The Hall–Kier alpha value is -4.70. The van der Waals surface area contributed by atoms with Gasteiger partial charge in [-0.1, -0.05) is 119 Å². The SMILES string of the molecule is Oc1ccc(Cc2c(-c3ccc(Cl)cc3)c(-c3ccc(Cl)cc3)c(Cc3ccc(O)cc3)c(-c3ccc(Cl)cc3)c2-c2ccc(Cl)cc2)cc1. The minimum Gasteiger partial charge on any atom is -0.508 e. The lowest BCUT2D eigenvalue weighted by molar-refractivity contribution is 0.474. The molecule has 0 atom stereocenters. The highest BCUT2D eigenvalue weighted by Crippen LogP contribution is 2.51. The Balaban J connectivity index is 1.71. The lowest BCUT2D eigenvalue weighted by Gasteiger charge is -2.29. The van der Waals surface area contributed by atoms with Gasteiger partial charge in [-0.25, -0.2) is 0 Å². The first-order valence-corrected chi connectivity index (χ1v) is 17.6. The van der Waals surface area contributed by atoms with E-state index < -0.39 is 0 Å². The summed E-state index contributed by atoms with van der Waals surface area (Å²) in [4.78, 5) is 0. The third-order valence-electron chi connectivity index (χ3n) is 8.87. The fourth-order valence-corrected chi connectivity index (χ4v) is 7.09. The predicted octanol–water partition coefficient (Wildman–Crippen LogP) is 13.6. The highest BCUT2D eigenvalue weighted by molar-refractivity contribution is 6.31. The molecule has 0 saturated carbocycles. The number of phenolic OH excluding ortho intramolecular Hbond substituents is 2. The van der Waals surface area contributed by atoms with Crippen molar-refractivity contribution in [3.63, 3.8) is 0 Å². The van der Waals surface area contributed by atoms with Crippen LogP contribution < -0.4 is 0 Å². The standard InChI is InChI=1S/C44H30Cl4O2/c45-33-13-5-29(6-14-33)41-39(25-27-1-21-37(49)22-2-27)42(30-7-15-34(46)16-8-30)44(32-11-19-36(48)20-12-32)40(26-28-3-23-38(50)24-4-28)43(41)31-9-17-35(47)18-10-31/h1-24,49-50H,25-26H2. The van der Waals surface area contributed by atoms with E-state index in [-0.39, 0.29) is 11.5 Å². The minimum absolute atomic E-state index is 0.206. The van der Waals surface area contributed by atoms with Gasteiger partial charge in [0, 0.05) is 20.1 Å². The maximum atomic E-state index is 10.2. The minimum atomic E-state index is 0.206. The van der Waals surface area contributed by atoms with Gasteiger partial charge >= 0.3 is 0 Å². The summed E-state index contributed by atoms with van der Waals surface area (Å²) in [6.07, 6.45) is 1.10. The summed E-state index contributed by atoms with van der Waals surface area (Å²) in [5.74, 6) is 0.412. The lowest BCUT2D eigenvalue weighted by Crippen LogP contribution is -2.07. The number of aromatic hydroxyl groups is 2. The van der Waals surface area contributed by atoms with E-state index in [0.29, 0.717) is 32.9 Å². The smallest absolute Gasteiger partial charge is 0.115 e. The third-order valence-corrected chi connectivity index (χ3v) is 9.88. The zero-order chi connectivity index (χ0) is 34.8. The number of halogens is 4. The van der Waals surface area contributed by atoms with E-state index in [1.165, 1.54) is 0 Å². The van der Waals surface area contributed by atoms with Crippen LogP contribution in [0.1, 0.15) is 22.3 Å². The van der Waals surface area contributed by atoms with Crippen LogP contribution in [-0.2, 0) is 12.8 Å². The number of phenols is 2. The molecule has 7 aromatic carbocycles. The largest absolute Gasteiger partial charge is 0.508 e. The van der Waals surface area contributed by atoms with Gasteiger partial charge in [0.05, 0.1) is 0 Å². The van der Waals surface area contributed by atoms with Gasteiger partial charge in [0.2, 0.25) is 0 Å². The zero-order valence-electron chi connectivity index (χ0n) is 26.7. The molecule has 7 aromatic rings. The maximum absolute atomic E-state index is 10.2. The molecule has 7 rings (SSSR count). The first-order chi connectivity index (χ1) is 24.2. The summed E-state index contributed by atoms with van der Waals surface area (Å²) in [6, 6.07) is 46.6. The van der Waals surface area contributed by atoms with Crippen LogP contribution in [0.3, 0.4) is 0 Å². The van der Waals surface area contributed by atoms with E-state index in [4.69, 9.17) is 46.4 Å². The molecule has 2 nitrogen and oxygen atoms in total. The second-order valence-electron chi connectivity index (χ2n) is 12.2. The molecule has 2 N–H and O–H groups in total. The number of hydrogen-bond donors (Lipinski definition) is 2. The van der Waals surface area contributed by atoms with Crippen molar-refractivity contribution in [3.05, 3.63) is 188 Å². The van der Waals surface area contributed by atoms with Crippen LogP contribution in [0, 0.1) is 0 Å². The van der Waals surface area contributed by atoms with Crippen LogP contribution in [0.5, 0.6) is 11.5 Å². The zero-order valence-corrected chi connectivity index (χ0v) is 29.7. The molecule has 0 radical (unpaired) electrons. The van der Waals surface area contributed by atoms with Crippen LogP contribution in [0.2, 0.25) is 20.1 Å². The number of rotatable bonds is 8. The van der Waals surface area contributed by atoms with Gasteiger partial charge in [-0.15, -0.1) is 0 Å². The Morgan fingerprint density at radius 1 is 0.300 bits per heavy atom. The van der Waals surface area contributed by atoms with Crippen LogP contribution in [0.4, 0.5) is 0 Å². The van der Waals surface area contributed by atoms with Crippen molar-refractivity contribution < 1.29 is 10.2 Å².